The third-order valence-electron chi connectivity index (χ3n) is 8.21. The lowest BCUT2D eigenvalue weighted by molar-refractivity contribution is -0.132. The largest absolute Gasteiger partial charge is 0.355 e. The van der Waals surface area contributed by atoms with Gasteiger partial charge in [0.15, 0.2) is 5.78 Å². The summed E-state index contributed by atoms with van der Waals surface area (Å²) in [5.41, 5.74) is 1.33. The Balaban J connectivity index is 1.54. The monoisotopic (exact) mass is 421 g/mol. The lowest BCUT2D eigenvalue weighted by Crippen LogP contribution is -2.54. The molecule has 0 radical (unpaired) electrons. The van der Waals surface area contributed by atoms with E-state index in [0.29, 0.717) is 18.0 Å². The number of allylic oxidation sites excluding steroid dienone is 4. The van der Waals surface area contributed by atoms with E-state index in [1.54, 1.807) is 12.2 Å². The highest BCUT2D eigenvalue weighted by Crippen LogP contribution is 2.63. The topological polar surface area (TPSA) is 63.2 Å². The van der Waals surface area contributed by atoms with Gasteiger partial charge in [-0.15, -0.1) is 0 Å². The molecule has 0 aromatic heterocycles. The van der Waals surface area contributed by atoms with E-state index in [2.05, 4.69) is 25.2 Å². The summed E-state index contributed by atoms with van der Waals surface area (Å²) in [5.74, 6) is 0.991. The van der Waals surface area contributed by atoms with Gasteiger partial charge in [-0.3, -0.25) is 14.4 Å². The van der Waals surface area contributed by atoms with E-state index in [-0.39, 0.29) is 44.7 Å². The molecule has 4 aliphatic rings. The van der Waals surface area contributed by atoms with Gasteiger partial charge in [-0.25, -0.2) is 0 Å². The van der Waals surface area contributed by atoms with Crippen LogP contribution in [0.4, 0.5) is 0 Å². The number of thioether (sulfide) groups is 1. The van der Waals surface area contributed by atoms with Crippen LogP contribution in [0.15, 0.2) is 54.1 Å². The molecule has 3 aliphatic carbocycles. The summed E-state index contributed by atoms with van der Waals surface area (Å²) in [4.78, 5) is 38.0. The number of carbonyl (C=O) groups is 3. The first-order chi connectivity index (χ1) is 14.3. The molecule has 156 valence electrons. The molecule has 30 heavy (non-hydrogen) atoms. The standard InChI is InChI=1S/C25H27NO3S/c1-24-10-8-17(27)12-16(24)13-20(30-22(28)15-6-4-3-5-7-15)21-18(24)9-11-25(2)19(21)14-26-23(25)29/h3-8,10,12,18-21H,9,11,13-14H2,1-2H3,(H,26,29)/t18-,19+,20?,21-,24+,25+/m1/s1. The van der Waals surface area contributed by atoms with E-state index in [1.165, 1.54) is 11.8 Å². The molecular weight excluding hydrogens is 394 g/mol. The fourth-order valence-electron chi connectivity index (χ4n) is 6.44. The van der Waals surface area contributed by atoms with Gasteiger partial charge in [0.05, 0.1) is 5.41 Å². The highest BCUT2D eigenvalue weighted by molar-refractivity contribution is 8.14. The number of fused-ring (bicyclic) bond motifs is 5. The summed E-state index contributed by atoms with van der Waals surface area (Å²) in [6.07, 6.45) is 8.11. The molecule has 0 spiro atoms. The molecule has 1 aromatic rings. The molecule has 5 rings (SSSR count). The van der Waals surface area contributed by atoms with Gasteiger partial charge in [0.1, 0.15) is 0 Å². The molecule has 5 heteroatoms. The van der Waals surface area contributed by atoms with Crippen molar-refractivity contribution in [1.29, 1.82) is 0 Å². The molecule has 4 nitrogen and oxygen atoms in total. The number of hydrogen-bond donors (Lipinski definition) is 1. The van der Waals surface area contributed by atoms with Crippen LogP contribution in [0.5, 0.6) is 0 Å². The van der Waals surface area contributed by atoms with Crippen molar-refractivity contribution in [2.24, 2.45) is 28.6 Å². The first-order valence-electron chi connectivity index (χ1n) is 10.8. The minimum Gasteiger partial charge on any atom is -0.355 e. The van der Waals surface area contributed by atoms with E-state index in [9.17, 15) is 14.4 Å². The highest BCUT2D eigenvalue weighted by Gasteiger charge is 2.61. The Morgan fingerprint density at radius 1 is 1.13 bits per heavy atom. The van der Waals surface area contributed by atoms with Gasteiger partial charge in [-0.1, -0.05) is 67.6 Å². The Hall–Kier alpha value is -2.14. The van der Waals surface area contributed by atoms with Crippen LogP contribution in [0.25, 0.3) is 0 Å². The zero-order chi connectivity index (χ0) is 21.1. The number of benzene rings is 1. The lowest BCUT2D eigenvalue weighted by Gasteiger charge is -2.57. The Morgan fingerprint density at radius 3 is 2.67 bits per heavy atom. The van der Waals surface area contributed by atoms with Gasteiger partial charge in [0.25, 0.3) is 0 Å². The van der Waals surface area contributed by atoms with Crippen LogP contribution in [-0.2, 0) is 9.59 Å². The van der Waals surface area contributed by atoms with Crippen LogP contribution >= 0.6 is 11.8 Å². The maximum Gasteiger partial charge on any atom is 0.226 e. The minimum atomic E-state index is -0.360. The second-order valence-electron chi connectivity index (χ2n) is 9.66. The number of amides is 1. The van der Waals surface area contributed by atoms with Crippen LogP contribution in [0.2, 0.25) is 0 Å². The molecule has 6 atom stereocenters. The summed E-state index contributed by atoms with van der Waals surface area (Å²) < 4.78 is 0. The lowest BCUT2D eigenvalue weighted by atomic mass is 9.48. The molecule has 1 saturated heterocycles. The van der Waals surface area contributed by atoms with E-state index in [0.717, 1.165) is 24.8 Å². The molecule has 1 amide bonds. The predicted octanol–water partition coefficient (Wildman–Crippen LogP) is 4.18. The third-order valence-corrected chi connectivity index (χ3v) is 9.45. The first kappa shape index (κ1) is 19.8. The van der Waals surface area contributed by atoms with E-state index in [4.69, 9.17) is 0 Å². The minimum absolute atomic E-state index is 0.0393. The van der Waals surface area contributed by atoms with Gasteiger partial charge in [-0.05, 0) is 49.2 Å². The van der Waals surface area contributed by atoms with Gasteiger partial charge in [0, 0.05) is 22.8 Å². The Bertz CT molecular complexity index is 983. The Morgan fingerprint density at radius 2 is 1.90 bits per heavy atom. The van der Waals surface area contributed by atoms with Gasteiger partial charge >= 0.3 is 0 Å². The van der Waals surface area contributed by atoms with Crippen molar-refractivity contribution in [3.05, 3.63) is 59.7 Å². The predicted molar refractivity (Wildman–Crippen MR) is 118 cm³/mol. The van der Waals surface area contributed by atoms with Gasteiger partial charge in [0.2, 0.25) is 11.0 Å². The molecule has 1 aliphatic heterocycles. The Kier molecular flexibility index (Phi) is 4.58. The highest BCUT2D eigenvalue weighted by atomic mass is 32.2. The van der Waals surface area contributed by atoms with Crippen molar-refractivity contribution < 1.29 is 14.4 Å². The average Bonchev–Trinajstić information content (AvgIpc) is 3.04. The summed E-state index contributed by atoms with van der Waals surface area (Å²) in [7, 11) is 0. The van der Waals surface area contributed by atoms with Crippen molar-refractivity contribution in [3.8, 4) is 0 Å². The fourth-order valence-corrected chi connectivity index (χ4v) is 7.78. The molecule has 1 heterocycles. The van der Waals surface area contributed by atoms with Crippen molar-refractivity contribution in [3.63, 3.8) is 0 Å². The van der Waals surface area contributed by atoms with E-state index in [1.807, 2.05) is 30.3 Å². The average molecular weight is 422 g/mol. The zero-order valence-corrected chi connectivity index (χ0v) is 18.2. The maximum atomic E-state index is 13.1. The molecule has 1 unspecified atom stereocenters. The summed E-state index contributed by atoms with van der Waals surface area (Å²) >= 11 is 1.41. The van der Waals surface area contributed by atoms with Crippen LogP contribution in [0.1, 0.15) is 43.5 Å². The number of nitrogens with one attached hydrogen (secondary N) is 1. The third kappa shape index (κ3) is 2.85. The quantitative estimate of drug-likeness (QED) is 0.778. The maximum absolute atomic E-state index is 13.1. The van der Waals surface area contributed by atoms with Crippen molar-refractivity contribution in [1.82, 2.24) is 5.32 Å². The smallest absolute Gasteiger partial charge is 0.226 e. The number of ketones is 1. The number of hydrogen-bond acceptors (Lipinski definition) is 4. The number of carbonyl (C=O) groups excluding carboxylic acids is 3. The zero-order valence-electron chi connectivity index (χ0n) is 17.4. The van der Waals surface area contributed by atoms with Crippen LogP contribution in [0, 0.1) is 28.6 Å². The van der Waals surface area contributed by atoms with Crippen LogP contribution in [-0.4, -0.2) is 28.6 Å². The van der Waals surface area contributed by atoms with Gasteiger partial charge < -0.3 is 5.32 Å². The van der Waals surface area contributed by atoms with E-state index >= 15 is 0 Å². The van der Waals surface area contributed by atoms with Crippen molar-refractivity contribution in [2.75, 3.05) is 6.54 Å². The second kappa shape index (κ2) is 6.94. The van der Waals surface area contributed by atoms with Crippen LogP contribution < -0.4 is 5.32 Å². The molecule has 1 N–H and O–H groups in total. The number of rotatable bonds is 2. The molecule has 0 bridgehead atoms. The van der Waals surface area contributed by atoms with E-state index < -0.39 is 0 Å². The molecule has 2 saturated carbocycles. The molecule has 3 fully saturated rings. The summed E-state index contributed by atoms with van der Waals surface area (Å²) in [5, 5.41) is 3.26. The normalized spacial score (nSPS) is 39.5. The van der Waals surface area contributed by atoms with Crippen molar-refractivity contribution in [2.45, 2.75) is 38.4 Å². The first-order valence-corrected chi connectivity index (χ1v) is 11.7. The van der Waals surface area contributed by atoms with Crippen molar-refractivity contribution >= 4 is 28.6 Å². The summed E-state index contributed by atoms with van der Waals surface area (Å²) in [6.45, 7) is 5.03. The Labute approximate surface area is 181 Å². The second-order valence-corrected chi connectivity index (χ2v) is 10.9. The molecular formula is C25H27NO3S. The SMILES string of the molecule is C[C@]12C=CC(=O)C=C1CC(SC(=O)c1ccccc1)[C@@H]1[C@H]2CC[C@]2(C)C(=O)NC[C@@H]12. The van der Waals surface area contributed by atoms with Crippen LogP contribution in [0.3, 0.4) is 0 Å². The fraction of sp³-hybridized carbons (Fsp3) is 0.480. The summed E-state index contributed by atoms with van der Waals surface area (Å²) in [6, 6.07) is 9.41. The van der Waals surface area contributed by atoms with Gasteiger partial charge in [-0.2, -0.15) is 0 Å². The molecule has 1 aromatic carbocycles.